The summed E-state index contributed by atoms with van der Waals surface area (Å²) in [5.41, 5.74) is 2.18. The lowest BCUT2D eigenvalue weighted by Gasteiger charge is -2.17. The Kier molecular flexibility index (Phi) is 4.89. The molecular weight excluding hydrogens is 406 g/mol. The number of anilines is 2. The van der Waals surface area contributed by atoms with Gasteiger partial charge in [-0.2, -0.15) is 4.98 Å². The zero-order valence-electron chi connectivity index (χ0n) is 17.9. The second-order valence-corrected chi connectivity index (χ2v) is 7.71. The lowest BCUT2D eigenvalue weighted by Crippen LogP contribution is -2.37. The first-order valence-corrected chi connectivity index (χ1v) is 10.4. The molecule has 2 aromatic carbocycles. The van der Waals surface area contributed by atoms with Gasteiger partial charge in [0.05, 0.1) is 0 Å². The highest BCUT2D eigenvalue weighted by Gasteiger charge is 2.28. The smallest absolute Gasteiger partial charge is 0.332 e. The minimum atomic E-state index is -0.384. The first kappa shape index (κ1) is 19.9. The number of rotatable bonds is 5. The summed E-state index contributed by atoms with van der Waals surface area (Å²) in [6.45, 7) is 1.75. The molecule has 0 saturated heterocycles. The van der Waals surface area contributed by atoms with Crippen LogP contribution in [0.15, 0.2) is 70.3 Å². The average Bonchev–Trinajstić information content (AvgIpc) is 3.39. The van der Waals surface area contributed by atoms with E-state index in [1.54, 1.807) is 7.05 Å². The molecule has 0 atom stereocenters. The van der Waals surface area contributed by atoms with Crippen molar-refractivity contribution in [3.05, 3.63) is 87.1 Å². The molecule has 2 aromatic heterocycles. The molecule has 0 bridgehead atoms. The van der Waals surface area contributed by atoms with Gasteiger partial charge in [0.25, 0.3) is 5.56 Å². The number of hydrogen-bond donors (Lipinski definition) is 0. The van der Waals surface area contributed by atoms with Gasteiger partial charge in [-0.3, -0.25) is 13.9 Å². The zero-order valence-corrected chi connectivity index (χ0v) is 17.9. The maximum Gasteiger partial charge on any atom is 0.332 e. The van der Waals surface area contributed by atoms with Crippen LogP contribution in [-0.2, 0) is 20.6 Å². The summed E-state index contributed by atoms with van der Waals surface area (Å²) in [5, 5.41) is 0. The quantitative estimate of drug-likeness (QED) is 0.488. The molecule has 162 valence electrons. The van der Waals surface area contributed by atoms with Gasteiger partial charge in [-0.1, -0.05) is 42.5 Å². The fraction of sp³-hybridized carbons (Fsp3) is 0.208. The molecule has 0 spiro atoms. The van der Waals surface area contributed by atoms with Crippen LogP contribution in [-0.4, -0.2) is 31.8 Å². The molecule has 1 aliphatic heterocycles. The van der Waals surface area contributed by atoms with Crippen molar-refractivity contribution >= 4 is 28.9 Å². The molecule has 8 heteroatoms. The summed E-state index contributed by atoms with van der Waals surface area (Å²) in [5.74, 6) is 1.40. The predicted octanol–water partition coefficient (Wildman–Crippen LogP) is 2.68. The first-order chi connectivity index (χ1) is 15.5. The lowest BCUT2D eigenvalue weighted by molar-refractivity contribution is 0.363. The van der Waals surface area contributed by atoms with Crippen LogP contribution in [0.3, 0.4) is 0 Å². The standard InChI is InChI=1S/C24H23N5O3/c1-26-21-20(22(30)27(2)24(26)31)29-14-13-28(23(29)25-21)18-11-6-12-19(16-18)32-15-7-10-17-8-4-3-5-9-17/h3-12,16H,13-15H2,1-2H3/b10-7-. The van der Waals surface area contributed by atoms with Gasteiger partial charge in [0, 0.05) is 38.9 Å². The molecule has 0 fully saturated rings. The monoisotopic (exact) mass is 429 g/mol. The van der Waals surface area contributed by atoms with Crippen LogP contribution in [0.5, 0.6) is 5.75 Å². The van der Waals surface area contributed by atoms with Crippen LogP contribution in [0, 0.1) is 0 Å². The Balaban J connectivity index is 1.41. The Morgan fingerprint density at radius 3 is 2.62 bits per heavy atom. The van der Waals surface area contributed by atoms with Gasteiger partial charge in [-0.15, -0.1) is 0 Å². The van der Waals surface area contributed by atoms with Crippen LogP contribution in [0.4, 0.5) is 11.6 Å². The summed E-state index contributed by atoms with van der Waals surface area (Å²) in [6, 6.07) is 17.9. The van der Waals surface area contributed by atoms with E-state index in [1.165, 1.54) is 11.6 Å². The molecule has 0 N–H and O–H groups in total. The molecule has 0 amide bonds. The van der Waals surface area contributed by atoms with Crippen LogP contribution in [0.1, 0.15) is 5.56 Å². The highest BCUT2D eigenvalue weighted by molar-refractivity contribution is 5.78. The van der Waals surface area contributed by atoms with Crippen LogP contribution < -0.4 is 20.9 Å². The van der Waals surface area contributed by atoms with E-state index in [9.17, 15) is 9.59 Å². The van der Waals surface area contributed by atoms with E-state index in [-0.39, 0.29) is 11.2 Å². The number of ether oxygens (including phenoxy) is 1. The number of imidazole rings is 1. The van der Waals surface area contributed by atoms with Crippen molar-refractivity contribution in [2.24, 2.45) is 14.1 Å². The van der Waals surface area contributed by atoms with E-state index in [1.807, 2.05) is 76.2 Å². The third-order valence-corrected chi connectivity index (χ3v) is 5.70. The highest BCUT2D eigenvalue weighted by Crippen LogP contribution is 2.33. The number of fused-ring (bicyclic) bond motifs is 3. The topological polar surface area (TPSA) is 74.3 Å². The van der Waals surface area contributed by atoms with E-state index < -0.39 is 0 Å². The summed E-state index contributed by atoms with van der Waals surface area (Å²) in [4.78, 5) is 31.7. The van der Waals surface area contributed by atoms with Crippen molar-refractivity contribution < 1.29 is 4.74 Å². The van der Waals surface area contributed by atoms with Gasteiger partial charge in [0.1, 0.15) is 12.4 Å². The Labute approximate surface area is 184 Å². The van der Waals surface area contributed by atoms with Gasteiger partial charge < -0.3 is 14.2 Å². The predicted molar refractivity (Wildman–Crippen MR) is 125 cm³/mol. The summed E-state index contributed by atoms with van der Waals surface area (Å²) >= 11 is 0. The molecule has 3 heterocycles. The Morgan fingerprint density at radius 1 is 1.00 bits per heavy atom. The van der Waals surface area contributed by atoms with Gasteiger partial charge >= 0.3 is 5.69 Å². The zero-order chi connectivity index (χ0) is 22.2. The Hall–Kier alpha value is -4.07. The van der Waals surface area contributed by atoms with Gasteiger partial charge in [0.2, 0.25) is 5.95 Å². The molecule has 0 radical (unpaired) electrons. The highest BCUT2D eigenvalue weighted by atomic mass is 16.5. The molecule has 5 rings (SSSR count). The second kappa shape index (κ2) is 7.88. The molecule has 4 aromatic rings. The van der Waals surface area contributed by atoms with Crippen molar-refractivity contribution in [2.75, 3.05) is 18.1 Å². The second-order valence-electron chi connectivity index (χ2n) is 7.71. The molecular formula is C24H23N5O3. The maximum absolute atomic E-state index is 12.7. The van der Waals surface area contributed by atoms with Crippen molar-refractivity contribution in [2.45, 2.75) is 6.54 Å². The third-order valence-electron chi connectivity index (χ3n) is 5.70. The van der Waals surface area contributed by atoms with E-state index in [0.717, 1.165) is 21.6 Å². The summed E-state index contributed by atoms with van der Waals surface area (Å²) in [6.07, 6.45) is 4.01. The molecule has 0 saturated carbocycles. The summed E-state index contributed by atoms with van der Waals surface area (Å²) < 4.78 is 10.3. The van der Waals surface area contributed by atoms with Gasteiger partial charge in [0.15, 0.2) is 11.2 Å². The molecule has 1 aliphatic rings. The average molecular weight is 429 g/mol. The normalized spacial score (nSPS) is 13.2. The SMILES string of the molecule is Cn1c(=O)c2c(nc3n2CCN3c2cccc(OC/C=C\c3ccccc3)c2)n(C)c1=O. The number of hydrogen-bond acceptors (Lipinski definition) is 5. The van der Waals surface area contributed by atoms with E-state index in [2.05, 4.69) is 4.98 Å². The third kappa shape index (κ3) is 3.30. The fourth-order valence-corrected chi connectivity index (χ4v) is 4.03. The maximum atomic E-state index is 12.7. The number of aromatic nitrogens is 4. The van der Waals surface area contributed by atoms with Crippen molar-refractivity contribution in [3.63, 3.8) is 0 Å². The Bertz CT molecular complexity index is 1450. The van der Waals surface area contributed by atoms with Crippen LogP contribution in [0.2, 0.25) is 0 Å². The molecule has 32 heavy (non-hydrogen) atoms. The van der Waals surface area contributed by atoms with E-state index in [0.29, 0.717) is 36.8 Å². The van der Waals surface area contributed by atoms with Gasteiger partial charge in [-0.05, 0) is 23.8 Å². The van der Waals surface area contributed by atoms with E-state index >= 15 is 0 Å². The number of aryl methyl sites for hydroxylation is 1. The number of benzene rings is 2. The van der Waals surface area contributed by atoms with Crippen molar-refractivity contribution in [1.29, 1.82) is 0 Å². The lowest BCUT2D eigenvalue weighted by atomic mass is 10.2. The molecule has 8 nitrogen and oxygen atoms in total. The molecule has 0 aliphatic carbocycles. The summed E-state index contributed by atoms with van der Waals surface area (Å²) in [7, 11) is 3.12. The number of nitrogens with zero attached hydrogens (tertiary/aromatic N) is 5. The van der Waals surface area contributed by atoms with Crippen LogP contribution >= 0.6 is 0 Å². The van der Waals surface area contributed by atoms with Crippen molar-refractivity contribution in [3.8, 4) is 5.75 Å². The van der Waals surface area contributed by atoms with Crippen molar-refractivity contribution in [1.82, 2.24) is 18.7 Å². The first-order valence-electron chi connectivity index (χ1n) is 10.4. The molecule has 0 unspecified atom stereocenters. The Morgan fingerprint density at radius 2 is 1.81 bits per heavy atom. The largest absolute Gasteiger partial charge is 0.489 e. The van der Waals surface area contributed by atoms with Crippen LogP contribution in [0.25, 0.3) is 17.2 Å². The fourth-order valence-electron chi connectivity index (χ4n) is 4.03. The minimum absolute atomic E-state index is 0.328. The minimum Gasteiger partial charge on any atom is -0.489 e. The van der Waals surface area contributed by atoms with Gasteiger partial charge in [-0.25, -0.2) is 4.79 Å². The van der Waals surface area contributed by atoms with E-state index in [4.69, 9.17) is 4.74 Å².